The summed E-state index contributed by atoms with van der Waals surface area (Å²) >= 11 is 0. The van der Waals surface area contributed by atoms with Crippen molar-refractivity contribution in [1.82, 2.24) is 14.7 Å². The second kappa shape index (κ2) is 11.4. The van der Waals surface area contributed by atoms with Crippen LogP contribution in [0, 0.1) is 17.6 Å². The van der Waals surface area contributed by atoms with Gasteiger partial charge in [-0.3, -0.25) is 9.69 Å². The summed E-state index contributed by atoms with van der Waals surface area (Å²) in [6, 6.07) is 11.2. The third kappa shape index (κ3) is 6.50. The molecule has 0 bridgehead atoms. The number of nitrogens with zero attached hydrogens (tertiary/aromatic N) is 3. The monoisotopic (exact) mass is 445 g/mol. The smallest absolute Gasteiger partial charge is 0.256 e. The Hall–Kier alpha value is -2.51. The van der Waals surface area contributed by atoms with Gasteiger partial charge in [-0.25, -0.2) is 8.78 Å². The highest BCUT2D eigenvalue weighted by atomic mass is 19.1. The fourth-order valence-electron chi connectivity index (χ4n) is 4.26. The number of piperidine rings is 1. The van der Waals surface area contributed by atoms with Crippen LogP contribution < -0.4 is 4.74 Å². The first-order chi connectivity index (χ1) is 15.4. The van der Waals surface area contributed by atoms with E-state index in [2.05, 4.69) is 11.0 Å². The van der Waals surface area contributed by atoms with E-state index in [0.717, 1.165) is 55.9 Å². The molecule has 1 atom stereocenters. The Kier molecular flexibility index (Phi) is 8.59. The normalized spacial score (nSPS) is 16.9. The Morgan fingerprint density at radius 2 is 1.94 bits per heavy atom. The molecule has 5 nitrogen and oxygen atoms in total. The fraction of sp³-hybridized carbons (Fsp3) is 0.480. The first-order valence-electron chi connectivity index (χ1n) is 11.1. The molecule has 1 aliphatic rings. The molecule has 32 heavy (non-hydrogen) atoms. The Bertz CT molecular complexity index is 907. The molecule has 1 saturated heterocycles. The summed E-state index contributed by atoms with van der Waals surface area (Å²) in [7, 11) is 5.56. The molecule has 0 radical (unpaired) electrons. The lowest BCUT2D eigenvalue weighted by Crippen LogP contribution is -2.44. The van der Waals surface area contributed by atoms with Crippen LogP contribution in [-0.4, -0.2) is 74.5 Å². The summed E-state index contributed by atoms with van der Waals surface area (Å²) in [6.07, 6.45) is 2.06. The van der Waals surface area contributed by atoms with Gasteiger partial charge in [-0.05, 0) is 57.6 Å². The van der Waals surface area contributed by atoms with Crippen LogP contribution >= 0.6 is 0 Å². The van der Waals surface area contributed by atoms with Crippen molar-refractivity contribution in [1.29, 1.82) is 0 Å². The largest absolute Gasteiger partial charge is 0.496 e. The molecule has 1 aliphatic heterocycles. The van der Waals surface area contributed by atoms with Crippen LogP contribution in [0.5, 0.6) is 5.75 Å². The number of likely N-dealkylation sites (N-methyl/N-ethyl adjacent to an activating group) is 1. The number of carbonyl (C=O) groups is 1. The van der Waals surface area contributed by atoms with E-state index in [1.807, 2.05) is 37.2 Å². The maximum Gasteiger partial charge on any atom is 0.256 e. The molecule has 0 spiro atoms. The molecule has 0 aliphatic carbocycles. The number of hydrogen-bond donors (Lipinski definition) is 0. The predicted octanol–water partition coefficient (Wildman–Crippen LogP) is 3.89. The second-order valence-corrected chi connectivity index (χ2v) is 8.73. The van der Waals surface area contributed by atoms with E-state index >= 15 is 0 Å². The van der Waals surface area contributed by atoms with Crippen LogP contribution in [0.1, 0.15) is 28.8 Å². The molecular weight excluding hydrogens is 412 g/mol. The van der Waals surface area contributed by atoms with Crippen molar-refractivity contribution < 1.29 is 18.3 Å². The predicted molar refractivity (Wildman–Crippen MR) is 122 cm³/mol. The van der Waals surface area contributed by atoms with Gasteiger partial charge in [0.05, 0.1) is 12.7 Å². The van der Waals surface area contributed by atoms with Crippen molar-refractivity contribution in [3.05, 3.63) is 65.2 Å². The molecule has 2 aromatic rings. The van der Waals surface area contributed by atoms with Crippen molar-refractivity contribution in [3.63, 3.8) is 0 Å². The molecular formula is C25H33F2N3O2. The zero-order valence-corrected chi connectivity index (χ0v) is 19.2. The lowest BCUT2D eigenvalue weighted by atomic mass is 9.96. The van der Waals surface area contributed by atoms with Crippen LogP contribution in [0.2, 0.25) is 0 Å². The van der Waals surface area contributed by atoms with Crippen molar-refractivity contribution in [3.8, 4) is 5.75 Å². The van der Waals surface area contributed by atoms with Gasteiger partial charge < -0.3 is 14.5 Å². The second-order valence-electron chi connectivity index (χ2n) is 8.73. The lowest BCUT2D eigenvalue weighted by molar-refractivity contribution is 0.0655. The van der Waals surface area contributed by atoms with Gasteiger partial charge in [0.25, 0.3) is 5.91 Å². The standard InChI is InChI=1S/C25H33F2N3O2/c1-28(2)13-14-30(25(31)22-11-10-21(26)15-23(22)27)17-19-7-6-12-29(16-19)18-20-8-4-5-9-24(20)32-3/h4-5,8-11,15,19H,6-7,12-14,16-18H2,1-3H3. The summed E-state index contributed by atoms with van der Waals surface area (Å²) < 4.78 is 33.1. The summed E-state index contributed by atoms with van der Waals surface area (Å²) in [5.74, 6) is -0.715. The van der Waals surface area contributed by atoms with Gasteiger partial charge in [0.1, 0.15) is 17.4 Å². The van der Waals surface area contributed by atoms with E-state index < -0.39 is 11.6 Å². The van der Waals surface area contributed by atoms with Crippen LogP contribution in [0.25, 0.3) is 0 Å². The van der Waals surface area contributed by atoms with Crippen molar-refractivity contribution in [2.24, 2.45) is 5.92 Å². The number of halogens is 2. The zero-order valence-electron chi connectivity index (χ0n) is 19.2. The number of hydrogen-bond acceptors (Lipinski definition) is 4. The first kappa shape index (κ1) is 24.1. The van der Waals surface area contributed by atoms with E-state index in [1.165, 1.54) is 6.07 Å². The van der Waals surface area contributed by atoms with Gasteiger partial charge in [-0.2, -0.15) is 0 Å². The van der Waals surface area contributed by atoms with Crippen molar-refractivity contribution in [2.75, 3.05) is 53.9 Å². The quantitative estimate of drug-likeness (QED) is 0.587. The molecule has 174 valence electrons. The molecule has 1 heterocycles. The average Bonchev–Trinajstić information content (AvgIpc) is 2.77. The van der Waals surface area contributed by atoms with Gasteiger partial charge in [0.15, 0.2) is 0 Å². The number of para-hydroxylation sites is 1. The number of likely N-dealkylation sites (tertiary alicyclic amines) is 1. The molecule has 0 N–H and O–H groups in total. The van der Waals surface area contributed by atoms with E-state index in [0.29, 0.717) is 19.6 Å². The molecule has 1 fully saturated rings. The molecule has 3 rings (SSSR count). The number of amides is 1. The molecule has 1 unspecified atom stereocenters. The lowest BCUT2D eigenvalue weighted by Gasteiger charge is -2.36. The van der Waals surface area contributed by atoms with Crippen molar-refractivity contribution in [2.45, 2.75) is 19.4 Å². The topological polar surface area (TPSA) is 36.0 Å². The highest BCUT2D eigenvalue weighted by Crippen LogP contribution is 2.24. The number of ether oxygens (including phenoxy) is 1. The van der Waals surface area contributed by atoms with Crippen LogP contribution in [-0.2, 0) is 6.54 Å². The fourth-order valence-corrected chi connectivity index (χ4v) is 4.26. The maximum atomic E-state index is 14.3. The third-order valence-corrected chi connectivity index (χ3v) is 5.93. The summed E-state index contributed by atoms with van der Waals surface area (Å²) in [5.41, 5.74) is 1.07. The van der Waals surface area contributed by atoms with Crippen LogP contribution in [0.3, 0.4) is 0 Å². The SMILES string of the molecule is COc1ccccc1CN1CCCC(CN(CCN(C)C)C(=O)c2ccc(F)cc2F)C1. The van der Waals surface area contributed by atoms with Crippen molar-refractivity contribution >= 4 is 5.91 Å². The number of benzene rings is 2. The van der Waals surface area contributed by atoms with Gasteiger partial charge in [0, 0.05) is 44.4 Å². The van der Waals surface area contributed by atoms with E-state index in [1.54, 1.807) is 12.0 Å². The minimum Gasteiger partial charge on any atom is -0.496 e. The summed E-state index contributed by atoms with van der Waals surface area (Å²) in [4.78, 5) is 19.2. The minimum atomic E-state index is -0.814. The van der Waals surface area contributed by atoms with Crippen LogP contribution in [0.15, 0.2) is 42.5 Å². The Balaban J connectivity index is 1.70. The van der Waals surface area contributed by atoms with Gasteiger partial charge in [0.2, 0.25) is 0 Å². The van der Waals surface area contributed by atoms with Gasteiger partial charge in [-0.1, -0.05) is 18.2 Å². The Morgan fingerprint density at radius 1 is 1.16 bits per heavy atom. The number of rotatable bonds is 9. The molecule has 0 aromatic heterocycles. The minimum absolute atomic E-state index is 0.0770. The highest BCUT2D eigenvalue weighted by molar-refractivity contribution is 5.94. The Labute approximate surface area is 189 Å². The van der Waals surface area contributed by atoms with E-state index in [9.17, 15) is 13.6 Å². The van der Waals surface area contributed by atoms with E-state index in [4.69, 9.17) is 4.74 Å². The first-order valence-corrected chi connectivity index (χ1v) is 11.1. The molecule has 7 heteroatoms. The average molecular weight is 446 g/mol. The molecule has 2 aromatic carbocycles. The van der Waals surface area contributed by atoms with Gasteiger partial charge >= 0.3 is 0 Å². The summed E-state index contributed by atoms with van der Waals surface area (Å²) in [6.45, 7) is 4.35. The molecule has 1 amide bonds. The zero-order chi connectivity index (χ0) is 23.1. The number of carbonyl (C=O) groups excluding carboxylic acids is 1. The van der Waals surface area contributed by atoms with Gasteiger partial charge in [-0.15, -0.1) is 0 Å². The highest BCUT2D eigenvalue weighted by Gasteiger charge is 2.26. The molecule has 0 saturated carbocycles. The summed E-state index contributed by atoms with van der Waals surface area (Å²) in [5, 5.41) is 0. The Morgan fingerprint density at radius 3 is 2.66 bits per heavy atom. The van der Waals surface area contributed by atoms with Crippen LogP contribution in [0.4, 0.5) is 8.78 Å². The number of methoxy groups -OCH3 is 1. The third-order valence-electron chi connectivity index (χ3n) is 5.93. The maximum absolute atomic E-state index is 14.3. The van der Waals surface area contributed by atoms with E-state index in [-0.39, 0.29) is 17.4 Å².